The Hall–Kier alpha value is -2.59. The van der Waals surface area contributed by atoms with Crippen LogP contribution in [0.3, 0.4) is 0 Å². The van der Waals surface area contributed by atoms with E-state index in [4.69, 9.17) is 10.5 Å². The number of ether oxygens (including phenoxy) is 1. The van der Waals surface area contributed by atoms with Gasteiger partial charge in [-0.2, -0.15) is 5.10 Å². The van der Waals surface area contributed by atoms with E-state index in [9.17, 15) is 0 Å². The average molecular weight is 321 g/mol. The van der Waals surface area contributed by atoms with E-state index in [1.54, 1.807) is 7.11 Å². The van der Waals surface area contributed by atoms with Gasteiger partial charge in [0.25, 0.3) is 0 Å². The molecule has 0 aliphatic carbocycles. The highest BCUT2D eigenvalue weighted by Crippen LogP contribution is 2.27. The Morgan fingerprint density at radius 1 is 1.08 bits per heavy atom. The van der Waals surface area contributed by atoms with Gasteiger partial charge in [-0.15, -0.1) is 0 Å². The Balaban J connectivity index is 2.08. The number of hydrogen-bond acceptors (Lipinski definition) is 3. The molecule has 3 rings (SSSR count). The first-order chi connectivity index (χ1) is 11.6. The summed E-state index contributed by atoms with van der Waals surface area (Å²) in [6, 6.07) is 18.5. The van der Waals surface area contributed by atoms with Crippen LogP contribution in [0.25, 0.3) is 16.9 Å². The van der Waals surface area contributed by atoms with Gasteiger partial charge >= 0.3 is 0 Å². The first-order valence-corrected chi connectivity index (χ1v) is 8.16. The fourth-order valence-corrected chi connectivity index (χ4v) is 2.71. The van der Waals surface area contributed by atoms with Crippen molar-refractivity contribution < 1.29 is 4.74 Å². The van der Waals surface area contributed by atoms with Gasteiger partial charge in [0, 0.05) is 18.2 Å². The molecule has 2 N–H and O–H groups in total. The van der Waals surface area contributed by atoms with E-state index in [-0.39, 0.29) is 0 Å². The van der Waals surface area contributed by atoms with Gasteiger partial charge in [0.15, 0.2) is 0 Å². The van der Waals surface area contributed by atoms with Gasteiger partial charge in [-0.3, -0.25) is 0 Å². The van der Waals surface area contributed by atoms with Crippen molar-refractivity contribution in [1.82, 2.24) is 9.78 Å². The van der Waals surface area contributed by atoms with Gasteiger partial charge in [-0.25, -0.2) is 4.68 Å². The van der Waals surface area contributed by atoms with Crippen LogP contribution in [0.4, 0.5) is 0 Å². The average Bonchev–Trinajstić information content (AvgIpc) is 3.06. The van der Waals surface area contributed by atoms with Crippen molar-refractivity contribution >= 4 is 0 Å². The number of aromatic nitrogens is 2. The number of hydrogen-bond donors (Lipinski definition) is 1. The van der Waals surface area contributed by atoms with Gasteiger partial charge in [-0.05, 0) is 29.7 Å². The second-order valence-electron chi connectivity index (χ2n) is 6.12. The van der Waals surface area contributed by atoms with Crippen molar-refractivity contribution in [3.05, 3.63) is 65.9 Å². The van der Waals surface area contributed by atoms with Gasteiger partial charge in [0.05, 0.1) is 24.2 Å². The Morgan fingerprint density at radius 3 is 2.46 bits per heavy atom. The number of nitrogens with zero attached hydrogens (tertiary/aromatic N) is 2. The summed E-state index contributed by atoms with van der Waals surface area (Å²) in [5, 5.41) is 4.64. The minimum atomic E-state index is 0.411. The van der Waals surface area contributed by atoms with Crippen LogP contribution in [0.5, 0.6) is 5.75 Å². The summed E-state index contributed by atoms with van der Waals surface area (Å²) in [5.74, 6) is 1.32. The van der Waals surface area contributed by atoms with Crippen molar-refractivity contribution in [3.8, 4) is 22.7 Å². The highest BCUT2D eigenvalue weighted by atomic mass is 16.5. The third-order valence-corrected chi connectivity index (χ3v) is 4.14. The molecule has 1 aromatic heterocycles. The molecule has 0 amide bonds. The van der Waals surface area contributed by atoms with Gasteiger partial charge in [0.2, 0.25) is 0 Å². The van der Waals surface area contributed by atoms with Crippen LogP contribution in [-0.4, -0.2) is 16.9 Å². The Labute approximate surface area is 142 Å². The van der Waals surface area contributed by atoms with Crippen molar-refractivity contribution in [2.24, 2.45) is 5.73 Å². The smallest absolute Gasteiger partial charge is 0.121 e. The zero-order chi connectivity index (χ0) is 17.1. The molecule has 24 heavy (non-hydrogen) atoms. The summed E-state index contributed by atoms with van der Waals surface area (Å²) in [5.41, 5.74) is 11.1. The molecule has 0 atom stereocenters. The maximum absolute atomic E-state index is 5.81. The second-order valence-corrected chi connectivity index (χ2v) is 6.12. The number of nitrogens with two attached hydrogens (primary N) is 1. The number of benzene rings is 2. The molecular formula is C20H23N3O. The quantitative estimate of drug-likeness (QED) is 0.768. The predicted octanol–water partition coefficient (Wildman–Crippen LogP) is 4.13. The van der Waals surface area contributed by atoms with Crippen molar-refractivity contribution in [2.75, 3.05) is 7.11 Å². The summed E-state index contributed by atoms with van der Waals surface area (Å²) in [6.45, 7) is 4.80. The molecular weight excluding hydrogens is 298 g/mol. The zero-order valence-corrected chi connectivity index (χ0v) is 14.4. The lowest BCUT2D eigenvalue weighted by molar-refractivity contribution is 0.414. The van der Waals surface area contributed by atoms with Crippen molar-refractivity contribution in [1.29, 1.82) is 0 Å². The minimum absolute atomic E-state index is 0.411. The van der Waals surface area contributed by atoms with E-state index >= 15 is 0 Å². The van der Waals surface area contributed by atoms with Crippen LogP contribution in [0, 0.1) is 0 Å². The fourth-order valence-electron chi connectivity index (χ4n) is 2.71. The Bertz CT molecular complexity index is 819. The molecule has 0 aliphatic rings. The fraction of sp³-hybridized carbons (Fsp3) is 0.250. The molecule has 2 aromatic carbocycles. The summed E-state index contributed by atoms with van der Waals surface area (Å²) >= 11 is 0. The lowest BCUT2D eigenvalue weighted by Gasteiger charge is -2.10. The lowest BCUT2D eigenvalue weighted by Crippen LogP contribution is -2.02. The molecule has 0 unspecified atom stereocenters. The molecule has 0 fully saturated rings. The van der Waals surface area contributed by atoms with Crippen LogP contribution < -0.4 is 10.5 Å². The van der Waals surface area contributed by atoms with Crippen molar-refractivity contribution in [2.45, 2.75) is 26.3 Å². The molecule has 0 radical (unpaired) electrons. The SMILES string of the molecule is COc1cccc(-n2nc(CN)cc2-c2ccc(C(C)C)cc2)c1. The number of methoxy groups -OCH3 is 1. The predicted molar refractivity (Wildman–Crippen MR) is 97.5 cm³/mol. The van der Waals surface area contributed by atoms with E-state index < -0.39 is 0 Å². The molecule has 124 valence electrons. The maximum Gasteiger partial charge on any atom is 0.121 e. The van der Waals surface area contributed by atoms with E-state index in [1.807, 2.05) is 35.0 Å². The van der Waals surface area contributed by atoms with E-state index in [0.29, 0.717) is 12.5 Å². The first kappa shape index (κ1) is 16.3. The zero-order valence-electron chi connectivity index (χ0n) is 14.4. The monoisotopic (exact) mass is 321 g/mol. The molecule has 0 aliphatic heterocycles. The lowest BCUT2D eigenvalue weighted by atomic mass is 10.0. The molecule has 4 heteroatoms. The number of rotatable bonds is 5. The minimum Gasteiger partial charge on any atom is -0.497 e. The van der Waals surface area contributed by atoms with E-state index in [1.165, 1.54) is 5.56 Å². The second kappa shape index (κ2) is 6.89. The Morgan fingerprint density at radius 2 is 1.83 bits per heavy atom. The molecule has 4 nitrogen and oxygen atoms in total. The largest absolute Gasteiger partial charge is 0.497 e. The topological polar surface area (TPSA) is 53.1 Å². The molecule has 1 heterocycles. The summed E-state index contributed by atoms with van der Waals surface area (Å²) < 4.78 is 7.26. The first-order valence-electron chi connectivity index (χ1n) is 8.16. The molecule has 3 aromatic rings. The van der Waals surface area contributed by atoms with Crippen LogP contribution in [-0.2, 0) is 6.54 Å². The van der Waals surface area contributed by atoms with Crippen molar-refractivity contribution in [3.63, 3.8) is 0 Å². The summed E-state index contributed by atoms with van der Waals surface area (Å²) in [7, 11) is 1.67. The molecule has 0 spiro atoms. The van der Waals surface area contributed by atoms with Gasteiger partial charge in [-0.1, -0.05) is 44.2 Å². The maximum atomic E-state index is 5.81. The van der Waals surface area contributed by atoms with Crippen LogP contribution >= 0.6 is 0 Å². The van der Waals surface area contributed by atoms with Crippen LogP contribution in [0.15, 0.2) is 54.6 Å². The third-order valence-electron chi connectivity index (χ3n) is 4.14. The third kappa shape index (κ3) is 3.19. The summed E-state index contributed by atoms with van der Waals surface area (Å²) in [4.78, 5) is 0. The normalized spacial score (nSPS) is 11.0. The van der Waals surface area contributed by atoms with E-state index in [2.05, 4.69) is 43.2 Å². The molecule has 0 bridgehead atoms. The van der Waals surface area contributed by atoms with E-state index in [0.717, 1.165) is 28.4 Å². The summed E-state index contributed by atoms with van der Waals surface area (Å²) in [6.07, 6.45) is 0. The molecule has 0 saturated carbocycles. The van der Waals surface area contributed by atoms with Gasteiger partial charge in [0.1, 0.15) is 5.75 Å². The van der Waals surface area contributed by atoms with Crippen LogP contribution in [0.1, 0.15) is 31.0 Å². The van der Waals surface area contributed by atoms with Crippen LogP contribution in [0.2, 0.25) is 0 Å². The standard InChI is InChI=1S/C20H23N3O/c1-14(2)15-7-9-16(10-8-15)20-11-17(13-21)22-23(20)18-5-4-6-19(12-18)24-3/h4-12,14H,13,21H2,1-3H3. The van der Waals surface area contributed by atoms with Gasteiger partial charge < -0.3 is 10.5 Å². The molecule has 0 saturated heterocycles. The highest BCUT2D eigenvalue weighted by Gasteiger charge is 2.12. The Kier molecular flexibility index (Phi) is 4.67. The highest BCUT2D eigenvalue weighted by molar-refractivity contribution is 5.63.